The Bertz CT molecular complexity index is 1440. The highest BCUT2D eigenvalue weighted by molar-refractivity contribution is 9.10. The van der Waals surface area contributed by atoms with E-state index in [1.807, 2.05) is 12.3 Å². The van der Waals surface area contributed by atoms with Gasteiger partial charge in [-0.15, -0.1) is 0 Å². The molecule has 0 amide bonds. The number of pyridine rings is 1. The number of fused-ring (bicyclic) bond motifs is 1. The van der Waals surface area contributed by atoms with Gasteiger partial charge in [-0.2, -0.15) is 5.10 Å². The number of nitrogens with zero attached hydrogens (tertiary/aromatic N) is 4. The second-order valence-corrected chi connectivity index (χ2v) is 15.3. The topological polar surface area (TPSA) is 52.8 Å². The molecule has 6 rings (SSSR count). The van der Waals surface area contributed by atoms with Crippen LogP contribution in [0.25, 0.3) is 11.4 Å². The smallest absolute Gasteiger partial charge is 0.283 e. The summed E-state index contributed by atoms with van der Waals surface area (Å²) in [7, 11) is -1.33. The van der Waals surface area contributed by atoms with E-state index in [-0.39, 0.29) is 17.6 Å². The van der Waals surface area contributed by atoms with Gasteiger partial charge in [0.1, 0.15) is 5.82 Å². The number of hydrogen-bond donors (Lipinski definition) is 0. The summed E-state index contributed by atoms with van der Waals surface area (Å²) in [6, 6.07) is 22.3. The molecular weight excluding hydrogens is 564 g/mol. The van der Waals surface area contributed by atoms with Crippen LogP contribution in [0, 0.1) is 11.8 Å². The molecule has 2 fully saturated rings. The van der Waals surface area contributed by atoms with Crippen molar-refractivity contribution in [1.82, 2.24) is 19.7 Å². The lowest BCUT2D eigenvalue weighted by atomic mass is 9.87. The molecule has 2 heterocycles. The first-order chi connectivity index (χ1) is 18.7. The summed E-state index contributed by atoms with van der Waals surface area (Å²) in [6.07, 6.45) is 6.11. The van der Waals surface area contributed by atoms with Crippen molar-refractivity contribution in [3.8, 4) is 11.4 Å². The minimum atomic E-state index is -1.33. The summed E-state index contributed by atoms with van der Waals surface area (Å²) in [5.74, 6) is 3.59. The molecule has 7 heteroatoms. The highest BCUT2D eigenvalue weighted by Gasteiger charge is 2.59. The third-order valence-corrected chi connectivity index (χ3v) is 10.9. The second-order valence-electron chi connectivity index (χ2n) is 12.3. The summed E-state index contributed by atoms with van der Waals surface area (Å²) in [6.45, 7) is 11.2. The van der Waals surface area contributed by atoms with Crippen LogP contribution >= 0.6 is 15.9 Å². The molecule has 0 bridgehead atoms. The Morgan fingerprint density at radius 2 is 1.62 bits per heavy atom. The van der Waals surface area contributed by atoms with Gasteiger partial charge in [-0.05, 0) is 81.9 Å². The van der Waals surface area contributed by atoms with Crippen LogP contribution in [0.2, 0.25) is 0 Å². The van der Waals surface area contributed by atoms with E-state index in [0.29, 0.717) is 17.8 Å². The van der Waals surface area contributed by atoms with E-state index < -0.39 is 9.04 Å². The first kappa shape index (κ1) is 26.6. The molecule has 39 heavy (non-hydrogen) atoms. The van der Waals surface area contributed by atoms with Crippen molar-refractivity contribution in [2.75, 3.05) is 0 Å². The number of benzene rings is 2. The average Bonchev–Trinajstić information content (AvgIpc) is 3.24. The summed E-state index contributed by atoms with van der Waals surface area (Å²) < 4.78 is 10.1. The largest absolute Gasteiger partial charge is 0.404 e. The van der Waals surface area contributed by atoms with E-state index in [2.05, 4.69) is 115 Å². The molecule has 4 aromatic rings. The molecule has 201 valence electrons. The van der Waals surface area contributed by atoms with Crippen LogP contribution in [0.3, 0.4) is 0 Å². The summed E-state index contributed by atoms with van der Waals surface area (Å²) in [4.78, 5) is 9.37. The third kappa shape index (κ3) is 5.41. The molecule has 2 unspecified atom stereocenters. The predicted octanol–water partition coefficient (Wildman–Crippen LogP) is 6.30. The van der Waals surface area contributed by atoms with Crippen molar-refractivity contribution in [2.45, 2.75) is 70.9 Å². The van der Waals surface area contributed by atoms with E-state index >= 15 is 0 Å². The molecule has 2 aliphatic carbocycles. The van der Waals surface area contributed by atoms with Crippen molar-refractivity contribution >= 4 is 35.3 Å². The zero-order chi connectivity index (χ0) is 27.3. The van der Waals surface area contributed by atoms with Gasteiger partial charge in [0.15, 0.2) is 5.82 Å². The van der Waals surface area contributed by atoms with Crippen molar-refractivity contribution < 1.29 is 4.43 Å². The van der Waals surface area contributed by atoms with Crippen molar-refractivity contribution in [2.24, 2.45) is 11.8 Å². The molecule has 0 saturated heterocycles. The minimum Gasteiger partial charge on any atom is -0.404 e. The van der Waals surface area contributed by atoms with Crippen molar-refractivity contribution in [1.29, 1.82) is 0 Å². The fourth-order valence-electron chi connectivity index (χ4n) is 6.05. The van der Waals surface area contributed by atoms with Crippen molar-refractivity contribution in [3.63, 3.8) is 0 Å². The zero-order valence-electron chi connectivity index (χ0n) is 23.3. The molecular formula is C32H36BrN4OSi. The van der Waals surface area contributed by atoms with E-state index in [9.17, 15) is 0 Å². The third-order valence-electron chi connectivity index (χ3n) is 8.14. The molecule has 0 aliphatic heterocycles. The molecule has 0 spiro atoms. The lowest BCUT2D eigenvalue weighted by Gasteiger charge is -2.24. The Morgan fingerprint density at radius 1 is 0.949 bits per heavy atom. The van der Waals surface area contributed by atoms with Crippen LogP contribution in [0.5, 0.6) is 0 Å². The van der Waals surface area contributed by atoms with E-state index in [0.717, 1.165) is 34.5 Å². The molecule has 2 saturated carbocycles. The standard InChI is InChI=1S/C32H36BrN4OSi/c1-20(2)37-31(35-30(36-37)21-15-23(33)19-34-18-21)29-27-16-24(17-28(27)29)38-39(25-9-7-6-8-10-25)26-13-11-22(12-14-26)32(3,4)5/h6-15,18-20,24,27-29H,16-17H2,1-5H3. The maximum Gasteiger partial charge on any atom is 0.283 e. The van der Waals surface area contributed by atoms with Gasteiger partial charge in [0.25, 0.3) is 9.04 Å². The first-order valence-corrected chi connectivity index (χ1v) is 16.2. The summed E-state index contributed by atoms with van der Waals surface area (Å²) in [5.41, 5.74) is 2.45. The quantitative estimate of drug-likeness (QED) is 0.234. The normalized spacial score (nSPS) is 22.5. The lowest BCUT2D eigenvalue weighted by molar-refractivity contribution is 0.198. The van der Waals surface area contributed by atoms with Gasteiger partial charge in [0.2, 0.25) is 0 Å². The summed E-state index contributed by atoms with van der Waals surface area (Å²) in [5, 5.41) is 7.54. The van der Waals surface area contributed by atoms with E-state index in [1.165, 1.54) is 15.9 Å². The van der Waals surface area contributed by atoms with Gasteiger partial charge in [0.05, 0.1) is 0 Å². The monoisotopic (exact) mass is 599 g/mol. The molecule has 0 N–H and O–H groups in total. The first-order valence-electron chi connectivity index (χ1n) is 14.0. The van der Waals surface area contributed by atoms with E-state index in [4.69, 9.17) is 14.5 Å². The van der Waals surface area contributed by atoms with Gasteiger partial charge < -0.3 is 4.43 Å². The molecule has 5 nitrogen and oxygen atoms in total. The van der Waals surface area contributed by atoms with Crippen LogP contribution in [0.15, 0.2) is 77.5 Å². The van der Waals surface area contributed by atoms with Gasteiger partial charge in [-0.1, -0.05) is 75.4 Å². The van der Waals surface area contributed by atoms with Gasteiger partial charge >= 0.3 is 0 Å². The molecule has 1 radical (unpaired) electrons. The number of halogens is 1. The van der Waals surface area contributed by atoms with Gasteiger partial charge in [-0.25, -0.2) is 9.67 Å². The Morgan fingerprint density at radius 3 is 2.23 bits per heavy atom. The summed E-state index contributed by atoms with van der Waals surface area (Å²) >= 11 is 3.53. The predicted molar refractivity (Wildman–Crippen MR) is 162 cm³/mol. The van der Waals surface area contributed by atoms with Crippen LogP contribution < -0.4 is 10.4 Å². The Labute approximate surface area is 241 Å². The maximum atomic E-state index is 7.00. The van der Waals surface area contributed by atoms with Crippen LogP contribution in [-0.2, 0) is 9.84 Å². The molecule has 2 aromatic heterocycles. The highest BCUT2D eigenvalue weighted by Crippen LogP contribution is 2.63. The Balaban J connectivity index is 1.20. The van der Waals surface area contributed by atoms with Gasteiger partial charge in [-0.3, -0.25) is 4.98 Å². The number of rotatable bonds is 7. The minimum absolute atomic E-state index is 0.144. The van der Waals surface area contributed by atoms with E-state index in [1.54, 1.807) is 6.20 Å². The Hall–Kier alpha value is -2.61. The Kier molecular flexibility index (Phi) is 7.10. The zero-order valence-corrected chi connectivity index (χ0v) is 25.9. The van der Waals surface area contributed by atoms with Crippen LogP contribution in [-0.4, -0.2) is 34.9 Å². The maximum absolute atomic E-state index is 7.00. The number of aromatic nitrogens is 4. The van der Waals surface area contributed by atoms with Crippen LogP contribution in [0.1, 0.15) is 70.8 Å². The van der Waals surface area contributed by atoms with Gasteiger partial charge in [0, 0.05) is 40.5 Å². The fourth-order valence-corrected chi connectivity index (χ4v) is 8.51. The second kappa shape index (κ2) is 10.4. The molecule has 2 aromatic carbocycles. The van der Waals surface area contributed by atoms with Crippen molar-refractivity contribution in [3.05, 3.63) is 88.9 Å². The highest BCUT2D eigenvalue weighted by atomic mass is 79.9. The number of hydrogen-bond acceptors (Lipinski definition) is 4. The molecule has 2 aliphatic rings. The lowest BCUT2D eigenvalue weighted by Crippen LogP contribution is -2.47. The SMILES string of the molecule is CC(C)n1nc(-c2cncc(Br)c2)nc1C1C2CC(O[Si](c3ccccc3)c3ccc(C(C)(C)C)cc3)CC21. The average molecular weight is 601 g/mol. The fraction of sp³-hybridized carbons (Fsp3) is 0.406. The molecule has 2 atom stereocenters. The van der Waals surface area contributed by atoms with Crippen LogP contribution in [0.4, 0.5) is 0 Å².